The number of hydrogen-bond donors (Lipinski definition) is 0. The SMILES string of the molecule is S=[C]c1nncc2ccccc12. The van der Waals surface area contributed by atoms with E-state index in [1.165, 1.54) is 0 Å². The lowest BCUT2D eigenvalue weighted by molar-refractivity contribution is 1.04. The Morgan fingerprint density at radius 2 is 2.08 bits per heavy atom. The monoisotopic (exact) mass is 173 g/mol. The summed E-state index contributed by atoms with van der Waals surface area (Å²) in [6, 6.07) is 7.83. The molecule has 0 atom stereocenters. The number of fused-ring (bicyclic) bond motifs is 1. The lowest BCUT2D eigenvalue weighted by Gasteiger charge is -1.96. The highest BCUT2D eigenvalue weighted by Crippen LogP contribution is 2.13. The Bertz CT molecular complexity index is 420. The molecule has 0 bridgehead atoms. The Morgan fingerprint density at radius 3 is 2.92 bits per heavy atom. The minimum absolute atomic E-state index is 0.642. The van der Waals surface area contributed by atoms with Gasteiger partial charge in [0.1, 0.15) is 5.69 Å². The molecule has 2 aromatic rings. The van der Waals surface area contributed by atoms with E-state index in [4.69, 9.17) is 12.2 Å². The Labute approximate surface area is 75.2 Å². The average Bonchev–Trinajstić information content (AvgIpc) is 2.17. The van der Waals surface area contributed by atoms with E-state index in [-0.39, 0.29) is 0 Å². The third-order valence-corrected chi connectivity index (χ3v) is 1.86. The smallest absolute Gasteiger partial charge is 0.113 e. The molecule has 3 heteroatoms. The second-order valence-electron chi connectivity index (χ2n) is 2.38. The van der Waals surface area contributed by atoms with Gasteiger partial charge in [-0.15, -0.1) is 5.10 Å². The van der Waals surface area contributed by atoms with Gasteiger partial charge in [0.15, 0.2) is 0 Å². The summed E-state index contributed by atoms with van der Waals surface area (Å²) < 4.78 is 0. The van der Waals surface area contributed by atoms with Crippen molar-refractivity contribution >= 4 is 28.4 Å². The van der Waals surface area contributed by atoms with Gasteiger partial charge in [0.05, 0.1) is 11.6 Å². The van der Waals surface area contributed by atoms with Crippen molar-refractivity contribution in [2.24, 2.45) is 0 Å². The first-order valence-corrected chi connectivity index (χ1v) is 3.91. The lowest BCUT2D eigenvalue weighted by atomic mass is 10.1. The molecular weight excluding hydrogens is 168 g/mol. The van der Waals surface area contributed by atoms with Crippen molar-refractivity contribution in [3.8, 4) is 0 Å². The molecule has 12 heavy (non-hydrogen) atoms. The maximum atomic E-state index is 4.69. The van der Waals surface area contributed by atoms with Gasteiger partial charge in [0.2, 0.25) is 0 Å². The third-order valence-electron chi connectivity index (χ3n) is 1.67. The third kappa shape index (κ3) is 1.08. The summed E-state index contributed by atoms with van der Waals surface area (Å²) in [6.07, 6.45) is 1.71. The van der Waals surface area contributed by atoms with Crippen molar-refractivity contribution < 1.29 is 0 Å². The largest absolute Gasteiger partial charge is 0.158 e. The Morgan fingerprint density at radius 1 is 1.25 bits per heavy atom. The zero-order chi connectivity index (χ0) is 8.39. The normalized spacial score (nSPS) is 10.0. The van der Waals surface area contributed by atoms with Crippen molar-refractivity contribution in [3.05, 3.63) is 36.2 Å². The molecule has 0 N–H and O–H groups in total. The van der Waals surface area contributed by atoms with E-state index in [0.717, 1.165) is 10.8 Å². The molecule has 0 spiro atoms. The van der Waals surface area contributed by atoms with Gasteiger partial charge in [-0.2, -0.15) is 5.10 Å². The Hall–Kier alpha value is -1.35. The molecule has 2 nitrogen and oxygen atoms in total. The molecular formula is C9H5N2S. The molecule has 2 rings (SSSR count). The highest BCUT2D eigenvalue weighted by Gasteiger charge is 1.98. The topological polar surface area (TPSA) is 25.8 Å². The molecule has 1 aromatic heterocycles. The fraction of sp³-hybridized carbons (Fsp3) is 0. The molecule has 1 heterocycles. The van der Waals surface area contributed by atoms with E-state index < -0.39 is 0 Å². The van der Waals surface area contributed by atoms with Crippen LogP contribution < -0.4 is 0 Å². The van der Waals surface area contributed by atoms with Crippen LogP contribution in [0.25, 0.3) is 10.8 Å². The molecule has 0 saturated carbocycles. The Kier molecular flexibility index (Phi) is 1.80. The van der Waals surface area contributed by atoms with Crippen LogP contribution in [0.15, 0.2) is 30.5 Å². The second kappa shape index (κ2) is 2.95. The number of aromatic nitrogens is 2. The highest BCUT2D eigenvalue weighted by atomic mass is 32.1. The molecule has 0 aliphatic rings. The van der Waals surface area contributed by atoms with Gasteiger partial charge in [-0.1, -0.05) is 36.5 Å². The zero-order valence-electron chi connectivity index (χ0n) is 6.19. The van der Waals surface area contributed by atoms with E-state index in [9.17, 15) is 0 Å². The predicted molar refractivity (Wildman–Crippen MR) is 51.2 cm³/mol. The van der Waals surface area contributed by atoms with Crippen LogP contribution in [0.2, 0.25) is 0 Å². The van der Waals surface area contributed by atoms with E-state index >= 15 is 0 Å². The van der Waals surface area contributed by atoms with Gasteiger partial charge >= 0.3 is 0 Å². The highest BCUT2D eigenvalue weighted by molar-refractivity contribution is 7.79. The fourth-order valence-corrected chi connectivity index (χ4v) is 1.25. The minimum atomic E-state index is 0.642. The minimum Gasteiger partial charge on any atom is -0.158 e. The van der Waals surface area contributed by atoms with Crippen LogP contribution in [0.3, 0.4) is 0 Å². The first-order chi connectivity index (χ1) is 5.92. The number of rotatable bonds is 1. The van der Waals surface area contributed by atoms with Gasteiger partial charge in [0, 0.05) is 10.8 Å². The molecule has 0 amide bonds. The molecule has 0 aliphatic heterocycles. The summed E-state index contributed by atoms with van der Waals surface area (Å²) in [5, 5.41) is 12.3. The summed E-state index contributed by atoms with van der Waals surface area (Å²) in [5.41, 5.74) is 0.642. The number of benzene rings is 1. The molecule has 0 saturated heterocycles. The number of thiocarbonyl (C=S) groups is 1. The van der Waals surface area contributed by atoms with Gasteiger partial charge in [-0.25, -0.2) is 0 Å². The van der Waals surface area contributed by atoms with Crippen LogP contribution in [0.5, 0.6) is 0 Å². The van der Waals surface area contributed by atoms with E-state index in [2.05, 4.69) is 15.6 Å². The molecule has 0 unspecified atom stereocenters. The van der Waals surface area contributed by atoms with Crippen molar-refractivity contribution in [1.82, 2.24) is 10.2 Å². The summed E-state index contributed by atoms with van der Waals surface area (Å²) in [6.45, 7) is 0. The number of nitrogens with zero attached hydrogens (tertiary/aromatic N) is 2. The fourth-order valence-electron chi connectivity index (χ4n) is 1.10. The summed E-state index contributed by atoms with van der Waals surface area (Å²) in [5.74, 6) is 0. The van der Waals surface area contributed by atoms with Crippen molar-refractivity contribution in [2.45, 2.75) is 0 Å². The van der Waals surface area contributed by atoms with Crippen LogP contribution in [0.4, 0.5) is 0 Å². The maximum absolute atomic E-state index is 4.69. The van der Waals surface area contributed by atoms with Crippen LogP contribution >= 0.6 is 12.2 Å². The van der Waals surface area contributed by atoms with Crippen LogP contribution in [-0.2, 0) is 0 Å². The van der Waals surface area contributed by atoms with E-state index in [1.54, 1.807) is 6.20 Å². The van der Waals surface area contributed by atoms with Gasteiger partial charge in [0.25, 0.3) is 0 Å². The van der Waals surface area contributed by atoms with Crippen LogP contribution in [0, 0.1) is 0 Å². The standard InChI is InChI=1S/C9H5N2S/c12-6-9-8-4-2-1-3-7(8)5-10-11-9/h1-5H. The summed E-state index contributed by atoms with van der Waals surface area (Å²) in [4.78, 5) is 0. The maximum Gasteiger partial charge on any atom is 0.113 e. The molecule has 1 aromatic carbocycles. The molecule has 0 aliphatic carbocycles. The zero-order valence-corrected chi connectivity index (χ0v) is 7.01. The average molecular weight is 173 g/mol. The van der Waals surface area contributed by atoms with Gasteiger partial charge in [-0.05, 0) is 0 Å². The quantitative estimate of drug-likeness (QED) is 0.615. The molecule has 1 radical (unpaired) electrons. The van der Waals surface area contributed by atoms with Crippen molar-refractivity contribution in [2.75, 3.05) is 0 Å². The van der Waals surface area contributed by atoms with Gasteiger partial charge in [-0.3, -0.25) is 0 Å². The van der Waals surface area contributed by atoms with E-state index in [1.807, 2.05) is 24.3 Å². The lowest BCUT2D eigenvalue weighted by Crippen LogP contribution is -1.90. The van der Waals surface area contributed by atoms with E-state index in [0.29, 0.717) is 5.69 Å². The first kappa shape index (κ1) is 7.31. The van der Waals surface area contributed by atoms with Crippen LogP contribution in [0.1, 0.15) is 5.69 Å². The molecule has 0 fully saturated rings. The van der Waals surface area contributed by atoms with Crippen molar-refractivity contribution in [1.29, 1.82) is 0 Å². The summed E-state index contributed by atoms with van der Waals surface area (Å²) >= 11 is 4.69. The molecule has 57 valence electrons. The number of hydrogen-bond acceptors (Lipinski definition) is 3. The summed E-state index contributed by atoms with van der Waals surface area (Å²) in [7, 11) is 0. The van der Waals surface area contributed by atoms with Crippen molar-refractivity contribution in [3.63, 3.8) is 0 Å². The Balaban J connectivity index is 2.88. The van der Waals surface area contributed by atoms with Crippen LogP contribution in [-0.4, -0.2) is 15.6 Å². The predicted octanol–water partition coefficient (Wildman–Crippen LogP) is 1.85. The second-order valence-corrected chi connectivity index (χ2v) is 2.59. The van der Waals surface area contributed by atoms with Gasteiger partial charge < -0.3 is 0 Å². The first-order valence-electron chi connectivity index (χ1n) is 3.50.